The summed E-state index contributed by atoms with van der Waals surface area (Å²) in [5, 5.41) is 6.21. The minimum atomic E-state index is -0.640. The molecule has 2 aromatic rings. The van der Waals surface area contributed by atoms with E-state index in [9.17, 15) is 9.59 Å². The molecule has 7 heteroatoms. The minimum Gasteiger partial charge on any atom is -0.372 e. The SMILES string of the molecule is CSCC[C@H](NC(=O)c1ccccc1Cl)C(=O)Nc1ccc(N2CCCC2)cc1C. The zero-order valence-electron chi connectivity index (χ0n) is 17.4. The molecule has 1 aliphatic heterocycles. The van der Waals surface area contributed by atoms with Gasteiger partial charge in [0.05, 0.1) is 10.6 Å². The molecule has 0 radical (unpaired) electrons. The second-order valence-corrected chi connectivity index (χ2v) is 8.86. The molecule has 3 rings (SSSR count). The second kappa shape index (κ2) is 10.7. The van der Waals surface area contributed by atoms with Crippen LogP contribution in [-0.2, 0) is 4.79 Å². The highest BCUT2D eigenvalue weighted by molar-refractivity contribution is 7.98. The molecule has 1 fully saturated rings. The number of carbonyl (C=O) groups excluding carboxylic acids is 2. The number of amides is 2. The smallest absolute Gasteiger partial charge is 0.253 e. The number of nitrogens with one attached hydrogen (secondary N) is 2. The fraction of sp³-hybridized carbons (Fsp3) is 0.391. The Bertz CT molecular complexity index is 900. The van der Waals surface area contributed by atoms with Crippen molar-refractivity contribution >= 4 is 46.6 Å². The van der Waals surface area contributed by atoms with Crippen molar-refractivity contribution in [3.8, 4) is 0 Å². The summed E-state index contributed by atoms with van der Waals surface area (Å²) in [6.45, 7) is 4.15. The monoisotopic (exact) mass is 445 g/mol. The molecule has 1 atom stereocenters. The first kappa shape index (κ1) is 22.5. The predicted octanol–water partition coefficient (Wildman–Crippen LogP) is 4.74. The van der Waals surface area contributed by atoms with E-state index in [4.69, 9.17) is 11.6 Å². The van der Waals surface area contributed by atoms with E-state index in [-0.39, 0.29) is 11.8 Å². The average molecular weight is 446 g/mol. The molecule has 0 bridgehead atoms. The lowest BCUT2D eigenvalue weighted by Gasteiger charge is -2.21. The molecule has 5 nitrogen and oxygen atoms in total. The molecule has 2 N–H and O–H groups in total. The minimum absolute atomic E-state index is 0.221. The standard InChI is InChI=1S/C23H28ClN3O2S/c1-16-15-17(27-12-5-6-13-27)9-10-20(16)25-23(29)21(11-14-30-2)26-22(28)18-7-3-4-8-19(18)24/h3-4,7-10,15,21H,5-6,11-14H2,1-2H3,(H,25,29)(H,26,28)/t21-/m0/s1. The van der Waals surface area contributed by atoms with Gasteiger partial charge in [0.15, 0.2) is 0 Å². The topological polar surface area (TPSA) is 61.4 Å². The van der Waals surface area contributed by atoms with Crippen LogP contribution < -0.4 is 15.5 Å². The normalized spacial score (nSPS) is 14.4. The maximum absolute atomic E-state index is 13.0. The molecule has 1 aliphatic rings. The number of hydrogen-bond donors (Lipinski definition) is 2. The van der Waals surface area contributed by atoms with Crippen LogP contribution in [-0.4, -0.2) is 43.0 Å². The average Bonchev–Trinajstić information content (AvgIpc) is 3.27. The van der Waals surface area contributed by atoms with E-state index >= 15 is 0 Å². The van der Waals surface area contributed by atoms with E-state index in [1.54, 1.807) is 36.0 Å². The number of rotatable bonds is 8. The summed E-state index contributed by atoms with van der Waals surface area (Å²) in [7, 11) is 0. The molecular formula is C23H28ClN3O2S. The first-order valence-electron chi connectivity index (χ1n) is 10.2. The molecule has 0 aliphatic carbocycles. The van der Waals surface area contributed by atoms with Gasteiger partial charge >= 0.3 is 0 Å². The Balaban J connectivity index is 1.70. The lowest BCUT2D eigenvalue weighted by molar-refractivity contribution is -0.118. The number of thioether (sulfide) groups is 1. The molecular weight excluding hydrogens is 418 g/mol. The van der Waals surface area contributed by atoms with Crippen LogP contribution in [0.5, 0.6) is 0 Å². The molecule has 160 valence electrons. The fourth-order valence-electron chi connectivity index (χ4n) is 3.57. The Kier molecular flexibility index (Phi) is 8.05. The third-order valence-corrected chi connectivity index (χ3v) is 6.26. The first-order valence-corrected chi connectivity index (χ1v) is 12.0. The Morgan fingerprint density at radius 3 is 2.57 bits per heavy atom. The number of halogens is 1. The van der Waals surface area contributed by atoms with Crippen molar-refractivity contribution in [3.63, 3.8) is 0 Å². The molecule has 1 heterocycles. The van der Waals surface area contributed by atoms with Crippen LogP contribution >= 0.6 is 23.4 Å². The van der Waals surface area contributed by atoms with Gasteiger partial charge in [0, 0.05) is 24.5 Å². The molecule has 0 aromatic heterocycles. The Morgan fingerprint density at radius 1 is 1.17 bits per heavy atom. The van der Waals surface area contributed by atoms with Crippen LogP contribution in [0.15, 0.2) is 42.5 Å². The van der Waals surface area contributed by atoms with Gasteiger partial charge in [-0.15, -0.1) is 0 Å². The van der Waals surface area contributed by atoms with Gasteiger partial charge < -0.3 is 15.5 Å². The molecule has 2 amide bonds. The van der Waals surface area contributed by atoms with Crippen molar-refractivity contribution in [1.29, 1.82) is 0 Å². The number of anilines is 2. The molecule has 1 saturated heterocycles. The second-order valence-electron chi connectivity index (χ2n) is 7.47. The van der Waals surface area contributed by atoms with Gasteiger partial charge in [-0.1, -0.05) is 23.7 Å². The van der Waals surface area contributed by atoms with E-state index in [1.165, 1.54) is 18.5 Å². The number of hydrogen-bond acceptors (Lipinski definition) is 4. The van der Waals surface area contributed by atoms with Crippen LogP contribution in [0, 0.1) is 6.92 Å². The summed E-state index contributed by atoms with van der Waals surface area (Å²) in [5.74, 6) is 0.192. The third-order valence-electron chi connectivity index (χ3n) is 5.29. The summed E-state index contributed by atoms with van der Waals surface area (Å²) < 4.78 is 0. The molecule has 30 heavy (non-hydrogen) atoms. The highest BCUT2D eigenvalue weighted by Gasteiger charge is 2.23. The Hall–Kier alpha value is -2.18. The van der Waals surface area contributed by atoms with Crippen molar-refractivity contribution in [2.75, 3.05) is 35.3 Å². The van der Waals surface area contributed by atoms with E-state index in [0.29, 0.717) is 17.0 Å². The van der Waals surface area contributed by atoms with Crippen molar-refractivity contribution in [2.24, 2.45) is 0 Å². The van der Waals surface area contributed by atoms with Crippen molar-refractivity contribution in [3.05, 3.63) is 58.6 Å². The van der Waals surface area contributed by atoms with Gasteiger partial charge in [-0.2, -0.15) is 11.8 Å². The van der Waals surface area contributed by atoms with Gasteiger partial charge in [0.2, 0.25) is 5.91 Å². The van der Waals surface area contributed by atoms with E-state index < -0.39 is 6.04 Å². The number of carbonyl (C=O) groups is 2. The summed E-state index contributed by atoms with van der Waals surface area (Å²) >= 11 is 7.77. The summed E-state index contributed by atoms with van der Waals surface area (Å²) in [4.78, 5) is 28.0. The van der Waals surface area contributed by atoms with Gasteiger partial charge in [0.25, 0.3) is 5.91 Å². The van der Waals surface area contributed by atoms with Crippen LogP contribution in [0.25, 0.3) is 0 Å². The lowest BCUT2D eigenvalue weighted by Crippen LogP contribution is -2.44. The molecule has 2 aromatic carbocycles. The summed E-state index contributed by atoms with van der Waals surface area (Å²) in [6.07, 6.45) is 4.96. The van der Waals surface area contributed by atoms with Crippen LogP contribution in [0.2, 0.25) is 5.02 Å². The predicted molar refractivity (Wildman–Crippen MR) is 127 cm³/mol. The fourth-order valence-corrected chi connectivity index (χ4v) is 4.26. The maximum atomic E-state index is 13.0. The Morgan fingerprint density at radius 2 is 1.90 bits per heavy atom. The number of nitrogens with zero attached hydrogens (tertiary/aromatic N) is 1. The van der Waals surface area contributed by atoms with Gasteiger partial charge in [-0.25, -0.2) is 0 Å². The Labute approximate surface area is 187 Å². The summed E-state index contributed by atoms with van der Waals surface area (Å²) in [5.41, 5.74) is 3.33. The highest BCUT2D eigenvalue weighted by Crippen LogP contribution is 2.26. The molecule has 0 unspecified atom stereocenters. The van der Waals surface area contributed by atoms with E-state index in [1.807, 2.05) is 25.3 Å². The van der Waals surface area contributed by atoms with Gasteiger partial charge in [-0.05, 0) is 74.1 Å². The first-order chi connectivity index (χ1) is 14.5. The largest absolute Gasteiger partial charge is 0.372 e. The van der Waals surface area contributed by atoms with Crippen molar-refractivity contribution < 1.29 is 9.59 Å². The van der Waals surface area contributed by atoms with Crippen molar-refractivity contribution in [1.82, 2.24) is 5.32 Å². The summed E-state index contributed by atoms with van der Waals surface area (Å²) in [6, 6.07) is 12.3. The zero-order valence-corrected chi connectivity index (χ0v) is 19.0. The van der Waals surface area contributed by atoms with Crippen LogP contribution in [0.3, 0.4) is 0 Å². The van der Waals surface area contributed by atoms with Crippen molar-refractivity contribution in [2.45, 2.75) is 32.2 Å². The zero-order chi connectivity index (χ0) is 21.5. The van der Waals surface area contributed by atoms with Crippen LogP contribution in [0.4, 0.5) is 11.4 Å². The number of aryl methyl sites for hydroxylation is 1. The highest BCUT2D eigenvalue weighted by atomic mass is 35.5. The third kappa shape index (κ3) is 5.70. The molecule has 0 saturated carbocycles. The number of benzene rings is 2. The lowest BCUT2D eigenvalue weighted by atomic mass is 10.1. The van der Waals surface area contributed by atoms with E-state index in [2.05, 4.69) is 21.6 Å². The van der Waals surface area contributed by atoms with Crippen LogP contribution in [0.1, 0.15) is 35.2 Å². The van der Waals surface area contributed by atoms with E-state index in [0.717, 1.165) is 30.1 Å². The van der Waals surface area contributed by atoms with Gasteiger partial charge in [0.1, 0.15) is 6.04 Å². The maximum Gasteiger partial charge on any atom is 0.253 e. The molecule has 0 spiro atoms. The van der Waals surface area contributed by atoms with Gasteiger partial charge in [-0.3, -0.25) is 9.59 Å². The quantitative estimate of drug-likeness (QED) is 0.616.